The summed E-state index contributed by atoms with van der Waals surface area (Å²) in [6.45, 7) is 11.9. The molecule has 0 aliphatic carbocycles. The van der Waals surface area contributed by atoms with Gasteiger partial charge >= 0.3 is 5.69 Å². The predicted octanol–water partition coefficient (Wildman–Crippen LogP) is 6.82. The number of hydrogen-bond donors (Lipinski definition) is 0. The van der Waals surface area contributed by atoms with Crippen LogP contribution in [-0.4, -0.2) is 21.5 Å². The van der Waals surface area contributed by atoms with Crippen molar-refractivity contribution < 1.29 is 4.74 Å². The summed E-state index contributed by atoms with van der Waals surface area (Å²) in [5.41, 5.74) is 7.39. The number of methoxy groups -OCH3 is 1. The zero-order valence-electron chi connectivity index (χ0n) is 23.8. The summed E-state index contributed by atoms with van der Waals surface area (Å²) in [5.74, 6) is 1.81. The molecule has 0 amide bonds. The monoisotopic (exact) mass is 511 g/mol. The molecular formula is C33H41N3O2. The highest BCUT2D eigenvalue weighted by molar-refractivity contribution is 5.66. The Kier molecular flexibility index (Phi) is 8.55. The molecule has 0 saturated heterocycles. The van der Waals surface area contributed by atoms with Crippen LogP contribution in [-0.2, 0) is 37.8 Å². The normalized spacial score (nSPS) is 11.6. The van der Waals surface area contributed by atoms with Gasteiger partial charge in [0.2, 0.25) is 0 Å². The molecule has 0 unspecified atom stereocenters. The average molecular weight is 512 g/mol. The first-order valence-corrected chi connectivity index (χ1v) is 13.8. The van der Waals surface area contributed by atoms with Crippen LogP contribution in [0.15, 0.2) is 71.5 Å². The maximum absolute atomic E-state index is 13.0. The molecule has 200 valence electrons. The van der Waals surface area contributed by atoms with E-state index in [9.17, 15) is 4.79 Å². The maximum atomic E-state index is 13.0. The Bertz CT molecular complexity index is 1400. The first-order valence-electron chi connectivity index (χ1n) is 13.8. The van der Waals surface area contributed by atoms with Gasteiger partial charge in [-0.05, 0) is 77.1 Å². The average Bonchev–Trinajstić information content (AvgIpc) is 3.22. The molecule has 4 aromatic rings. The topological polar surface area (TPSA) is 49.0 Å². The molecule has 3 aromatic carbocycles. The largest absolute Gasteiger partial charge is 0.496 e. The second kappa shape index (κ2) is 11.8. The summed E-state index contributed by atoms with van der Waals surface area (Å²) in [4.78, 5) is 13.0. The number of rotatable bonds is 10. The molecule has 0 aliphatic rings. The van der Waals surface area contributed by atoms with Crippen LogP contribution in [0.2, 0.25) is 0 Å². The molecule has 0 fully saturated rings. The molecule has 0 N–H and O–H groups in total. The predicted molar refractivity (Wildman–Crippen MR) is 156 cm³/mol. The fourth-order valence-corrected chi connectivity index (χ4v) is 4.92. The van der Waals surface area contributed by atoms with Gasteiger partial charge < -0.3 is 4.74 Å². The fraction of sp³-hybridized carbons (Fsp3) is 0.394. The van der Waals surface area contributed by atoms with Crippen molar-refractivity contribution >= 4 is 0 Å². The molecular weight excluding hydrogens is 470 g/mol. The van der Waals surface area contributed by atoms with Crippen molar-refractivity contribution in [1.29, 1.82) is 0 Å². The Morgan fingerprint density at radius 2 is 1.50 bits per heavy atom. The third-order valence-corrected chi connectivity index (χ3v) is 7.28. The Morgan fingerprint density at radius 3 is 2.11 bits per heavy atom. The number of hydrogen-bond acceptors (Lipinski definition) is 3. The van der Waals surface area contributed by atoms with Crippen LogP contribution in [0.25, 0.3) is 11.1 Å². The van der Waals surface area contributed by atoms with Gasteiger partial charge in [-0.1, -0.05) is 82.3 Å². The Hall–Kier alpha value is -3.60. The van der Waals surface area contributed by atoms with Gasteiger partial charge in [-0.3, -0.25) is 4.57 Å². The van der Waals surface area contributed by atoms with Crippen molar-refractivity contribution in [3.63, 3.8) is 0 Å². The highest BCUT2D eigenvalue weighted by Gasteiger charge is 2.15. The van der Waals surface area contributed by atoms with Gasteiger partial charge in [0.05, 0.1) is 13.7 Å². The molecule has 5 heteroatoms. The Labute approximate surface area is 227 Å². The van der Waals surface area contributed by atoms with Gasteiger partial charge in [0.25, 0.3) is 0 Å². The third kappa shape index (κ3) is 6.27. The zero-order chi connectivity index (χ0) is 27.3. The minimum atomic E-state index is -0.0299. The minimum Gasteiger partial charge on any atom is -0.496 e. The number of ether oxygens (including phenoxy) is 1. The second-order valence-corrected chi connectivity index (χ2v) is 11.0. The number of benzene rings is 3. The van der Waals surface area contributed by atoms with Crippen molar-refractivity contribution in [2.45, 2.75) is 78.8 Å². The summed E-state index contributed by atoms with van der Waals surface area (Å²) < 4.78 is 8.89. The first kappa shape index (κ1) is 27.4. The maximum Gasteiger partial charge on any atom is 0.346 e. The molecule has 0 atom stereocenters. The lowest BCUT2D eigenvalue weighted by Gasteiger charge is -2.19. The highest BCUT2D eigenvalue weighted by atomic mass is 16.5. The van der Waals surface area contributed by atoms with E-state index in [1.807, 2.05) is 11.5 Å². The third-order valence-electron chi connectivity index (χ3n) is 7.28. The van der Waals surface area contributed by atoms with Crippen molar-refractivity contribution in [1.82, 2.24) is 14.3 Å². The molecule has 0 spiro atoms. The van der Waals surface area contributed by atoms with E-state index in [1.54, 1.807) is 11.8 Å². The molecule has 1 aromatic heterocycles. The van der Waals surface area contributed by atoms with E-state index in [2.05, 4.69) is 94.4 Å². The zero-order valence-corrected chi connectivity index (χ0v) is 23.8. The van der Waals surface area contributed by atoms with Crippen LogP contribution in [0.3, 0.4) is 0 Å². The van der Waals surface area contributed by atoms with Crippen LogP contribution in [0, 0.1) is 0 Å². The van der Waals surface area contributed by atoms with E-state index in [-0.39, 0.29) is 11.1 Å². The summed E-state index contributed by atoms with van der Waals surface area (Å²) >= 11 is 0. The SMILES string of the molecule is CCc1cc(-c2ccc(CCCc3nn(Cc4ccc(C(C)(C)C)cc4)c(=O)n3CC)cc2)ccc1OC. The Balaban J connectivity index is 1.39. The van der Waals surface area contributed by atoms with Gasteiger partial charge in [-0.15, -0.1) is 0 Å². The number of nitrogens with zero attached hydrogens (tertiary/aromatic N) is 3. The van der Waals surface area contributed by atoms with E-state index in [1.165, 1.54) is 27.8 Å². The molecule has 0 saturated carbocycles. The first-order chi connectivity index (χ1) is 18.2. The van der Waals surface area contributed by atoms with Crippen LogP contribution >= 0.6 is 0 Å². The van der Waals surface area contributed by atoms with Crippen molar-refractivity contribution in [3.8, 4) is 16.9 Å². The van der Waals surface area contributed by atoms with Gasteiger partial charge in [-0.25, -0.2) is 9.48 Å². The van der Waals surface area contributed by atoms with E-state index in [4.69, 9.17) is 9.84 Å². The summed E-state index contributed by atoms with van der Waals surface area (Å²) in [6, 6.07) is 23.7. The van der Waals surface area contributed by atoms with Crippen molar-refractivity contribution in [3.05, 3.63) is 105 Å². The molecule has 4 rings (SSSR count). The van der Waals surface area contributed by atoms with Crippen LogP contribution in [0.1, 0.15) is 69.1 Å². The van der Waals surface area contributed by atoms with Crippen LogP contribution in [0.4, 0.5) is 0 Å². The van der Waals surface area contributed by atoms with Crippen molar-refractivity contribution in [2.24, 2.45) is 0 Å². The van der Waals surface area contributed by atoms with Gasteiger partial charge in [0.15, 0.2) is 0 Å². The summed E-state index contributed by atoms with van der Waals surface area (Å²) in [6.07, 6.45) is 3.61. The molecule has 0 aliphatic heterocycles. The van der Waals surface area contributed by atoms with E-state index in [0.29, 0.717) is 13.1 Å². The molecule has 0 bridgehead atoms. The fourth-order valence-electron chi connectivity index (χ4n) is 4.92. The molecule has 0 radical (unpaired) electrons. The lowest BCUT2D eigenvalue weighted by Crippen LogP contribution is -2.25. The van der Waals surface area contributed by atoms with Crippen LogP contribution in [0.5, 0.6) is 5.75 Å². The smallest absolute Gasteiger partial charge is 0.346 e. The molecule has 5 nitrogen and oxygen atoms in total. The highest BCUT2D eigenvalue weighted by Crippen LogP contribution is 2.27. The number of aryl methyl sites for hydroxylation is 3. The standard InChI is InChI=1S/C33H41N3O2/c1-7-26-22-28(18-21-30(26)38-6)27-16-12-24(13-17-27)10-9-11-31-34-36(32(37)35(31)8-2)23-25-14-19-29(20-15-25)33(3,4)5/h12-22H,7-11,23H2,1-6H3. The summed E-state index contributed by atoms with van der Waals surface area (Å²) in [7, 11) is 1.72. The number of aromatic nitrogens is 3. The van der Waals surface area contributed by atoms with Gasteiger partial charge in [0, 0.05) is 13.0 Å². The van der Waals surface area contributed by atoms with E-state index < -0.39 is 0 Å². The summed E-state index contributed by atoms with van der Waals surface area (Å²) in [5, 5.41) is 4.72. The minimum absolute atomic E-state index is 0.0299. The van der Waals surface area contributed by atoms with Crippen molar-refractivity contribution in [2.75, 3.05) is 7.11 Å². The van der Waals surface area contributed by atoms with E-state index >= 15 is 0 Å². The lowest BCUT2D eigenvalue weighted by atomic mass is 9.87. The van der Waals surface area contributed by atoms with Crippen LogP contribution < -0.4 is 10.4 Å². The lowest BCUT2D eigenvalue weighted by molar-refractivity contribution is 0.410. The molecule has 1 heterocycles. The Morgan fingerprint density at radius 1 is 0.842 bits per heavy atom. The molecule has 38 heavy (non-hydrogen) atoms. The quantitative estimate of drug-likeness (QED) is 0.235. The van der Waals surface area contributed by atoms with Gasteiger partial charge in [0.1, 0.15) is 11.6 Å². The second-order valence-electron chi connectivity index (χ2n) is 11.0. The van der Waals surface area contributed by atoms with E-state index in [0.717, 1.165) is 42.8 Å². The van der Waals surface area contributed by atoms with Gasteiger partial charge in [-0.2, -0.15) is 5.10 Å².